The van der Waals surface area contributed by atoms with Crippen molar-refractivity contribution in [3.05, 3.63) is 29.4 Å². The first-order valence-corrected chi connectivity index (χ1v) is 5.86. The quantitative estimate of drug-likeness (QED) is 0.805. The summed E-state index contributed by atoms with van der Waals surface area (Å²) in [5.41, 5.74) is 2.76. The van der Waals surface area contributed by atoms with Gasteiger partial charge < -0.3 is 4.52 Å². The third-order valence-corrected chi connectivity index (χ3v) is 3.05. The largest absolute Gasteiger partial charge is 0.339 e. The molecule has 2 atom stereocenters. The third-order valence-electron chi connectivity index (χ3n) is 3.05. The van der Waals surface area contributed by atoms with E-state index in [-0.39, 0.29) is 11.8 Å². The highest BCUT2D eigenvalue weighted by molar-refractivity contribution is 5.55. The highest BCUT2D eigenvalue weighted by Gasteiger charge is 2.43. The summed E-state index contributed by atoms with van der Waals surface area (Å²) in [6, 6.07) is 6.07. The van der Waals surface area contributed by atoms with Crippen LogP contribution in [-0.4, -0.2) is 15.1 Å². The summed E-state index contributed by atoms with van der Waals surface area (Å²) in [5.74, 6) is 1.31. The average molecular weight is 240 g/mol. The minimum Gasteiger partial charge on any atom is -0.339 e. The van der Waals surface area contributed by atoms with Gasteiger partial charge in [0, 0.05) is 17.0 Å². The van der Waals surface area contributed by atoms with Crippen LogP contribution in [-0.2, 0) is 0 Å². The molecule has 1 fully saturated rings. The van der Waals surface area contributed by atoms with Gasteiger partial charge in [0.1, 0.15) is 0 Å². The fourth-order valence-electron chi connectivity index (χ4n) is 2.08. The molecule has 3 rings (SSSR count). The number of hydrogen-bond donors (Lipinski definition) is 0. The molecule has 2 unspecified atom stereocenters. The topological polar surface area (TPSA) is 75.6 Å². The fraction of sp³-hybridized carbons (Fsp3) is 0.385. The molecule has 0 bridgehead atoms. The van der Waals surface area contributed by atoms with Crippen LogP contribution in [0.1, 0.15) is 29.6 Å². The third kappa shape index (κ3) is 1.86. The van der Waals surface area contributed by atoms with Crippen LogP contribution in [0.4, 0.5) is 0 Å². The van der Waals surface area contributed by atoms with Crippen LogP contribution in [0.5, 0.6) is 0 Å². The van der Waals surface area contributed by atoms with Crippen molar-refractivity contribution in [1.82, 2.24) is 15.1 Å². The Morgan fingerprint density at radius 3 is 2.61 bits per heavy atom. The van der Waals surface area contributed by atoms with Crippen LogP contribution >= 0.6 is 0 Å². The summed E-state index contributed by atoms with van der Waals surface area (Å²) in [7, 11) is 0. The first-order chi connectivity index (χ1) is 8.67. The molecule has 0 aromatic carbocycles. The Bertz CT molecular complexity index is 620. The van der Waals surface area contributed by atoms with Gasteiger partial charge in [0.05, 0.1) is 17.9 Å². The molecule has 18 heavy (non-hydrogen) atoms. The van der Waals surface area contributed by atoms with E-state index in [0.717, 1.165) is 23.4 Å². The molecule has 2 heterocycles. The first-order valence-electron chi connectivity index (χ1n) is 5.86. The number of nitrogens with zero attached hydrogens (tertiary/aromatic N) is 4. The SMILES string of the molecule is Cc1cc(-c2noc(C3CC3C#N)n2)cc(C)n1. The van der Waals surface area contributed by atoms with Gasteiger partial charge in [-0.1, -0.05) is 5.16 Å². The van der Waals surface area contributed by atoms with Crippen molar-refractivity contribution in [1.29, 1.82) is 5.26 Å². The highest BCUT2D eigenvalue weighted by Crippen LogP contribution is 2.46. The summed E-state index contributed by atoms with van der Waals surface area (Å²) in [4.78, 5) is 8.68. The molecular weight excluding hydrogens is 228 g/mol. The van der Waals surface area contributed by atoms with E-state index in [9.17, 15) is 0 Å². The van der Waals surface area contributed by atoms with Gasteiger partial charge in [-0.15, -0.1) is 0 Å². The lowest BCUT2D eigenvalue weighted by molar-refractivity contribution is 0.378. The van der Waals surface area contributed by atoms with Crippen LogP contribution in [0.25, 0.3) is 11.4 Å². The molecule has 1 aliphatic rings. The lowest BCUT2D eigenvalue weighted by Gasteiger charge is -1.98. The molecule has 2 aromatic rings. The van der Waals surface area contributed by atoms with Gasteiger partial charge in [0.2, 0.25) is 11.7 Å². The Morgan fingerprint density at radius 1 is 1.28 bits per heavy atom. The number of pyridine rings is 1. The first kappa shape index (κ1) is 10.9. The summed E-state index contributed by atoms with van der Waals surface area (Å²) in [6.45, 7) is 3.87. The second-order valence-corrected chi connectivity index (χ2v) is 4.67. The molecule has 5 heteroatoms. The predicted molar refractivity (Wildman–Crippen MR) is 63.5 cm³/mol. The van der Waals surface area contributed by atoms with Crippen molar-refractivity contribution in [2.75, 3.05) is 0 Å². The minimum absolute atomic E-state index is 0.0409. The van der Waals surface area contributed by atoms with E-state index in [1.54, 1.807) is 0 Å². The molecule has 5 nitrogen and oxygen atoms in total. The number of nitriles is 1. The van der Waals surface area contributed by atoms with Gasteiger partial charge in [-0.2, -0.15) is 10.2 Å². The molecular formula is C13H12N4O. The van der Waals surface area contributed by atoms with Crippen molar-refractivity contribution in [2.24, 2.45) is 5.92 Å². The van der Waals surface area contributed by atoms with Crippen molar-refractivity contribution in [3.63, 3.8) is 0 Å². The number of hydrogen-bond acceptors (Lipinski definition) is 5. The van der Waals surface area contributed by atoms with E-state index in [2.05, 4.69) is 21.2 Å². The molecule has 0 spiro atoms. The van der Waals surface area contributed by atoms with Crippen LogP contribution in [0, 0.1) is 31.1 Å². The van der Waals surface area contributed by atoms with Gasteiger partial charge >= 0.3 is 0 Å². The van der Waals surface area contributed by atoms with E-state index in [0.29, 0.717) is 11.7 Å². The van der Waals surface area contributed by atoms with Crippen molar-refractivity contribution < 1.29 is 4.52 Å². The standard InChI is InChI=1S/C13H12N4O/c1-7-3-9(4-8(2)15-7)12-16-13(18-17-12)11-5-10(11)6-14/h3-4,10-11H,5H2,1-2H3. The smallest absolute Gasteiger partial charge is 0.231 e. The van der Waals surface area contributed by atoms with Gasteiger partial charge in [0.25, 0.3) is 0 Å². The van der Waals surface area contributed by atoms with Crippen molar-refractivity contribution in [3.8, 4) is 17.5 Å². The number of rotatable bonds is 2. The Labute approximate surface area is 104 Å². The fourth-order valence-corrected chi connectivity index (χ4v) is 2.08. The van der Waals surface area contributed by atoms with E-state index < -0.39 is 0 Å². The summed E-state index contributed by atoms with van der Waals surface area (Å²) in [5, 5.41) is 12.8. The molecule has 0 aliphatic heterocycles. The lowest BCUT2D eigenvalue weighted by atomic mass is 10.2. The zero-order chi connectivity index (χ0) is 12.7. The normalized spacial score (nSPS) is 21.6. The van der Waals surface area contributed by atoms with Gasteiger partial charge in [-0.25, -0.2) is 0 Å². The molecule has 0 amide bonds. The monoisotopic (exact) mass is 240 g/mol. The van der Waals surface area contributed by atoms with Crippen molar-refractivity contribution in [2.45, 2.75) is 26.2 Å². The molecule has 1 aliphatic carbocycles. The molecule has 2 aromatic heterocycles. The van der Waals surface area contributed by atoms with Crippen LogP contribution in [0.2, 0.25) is 0 Å². The van der Waals surface area contributed by atoms with E-state index in [1.807, 2.05) is 26.0 Å². The van der Waals surface area contributed by atoms with Gasteiger partial charge in [0.15, 0.2) is 0 Å². The van der Waals surface area contributed by atoms with Crippen molar-refractivity contribution >= 4 is 0 Å². The van der Waals surface area contributed by atoms with E-state index >= 15 is 0 Å². The summed E-state index contributed by atoms with van der Waals surface area (Å²) >= 11 is 0. The molecule has 1 saturated carbocycles. The molecule has 0 saturated heterocycles. The molecule has 90 valence electrons. The maximum Gasteiger partial charge on any atom is 0.231 e. The summed E-state index contributed by atoms with van der Waals surface area (Å²) in [6.07, 6.45) is 0.826. The van der Waals surface area contributed by atoms with Gasteiger partial charge in [-0.05, 0) is 32.4 Å². The average Bonchev–Trinajstić information content (AvgIpc) is 2.95. The van der Waals surface area contributed by atoms with E-state index in [4.69, 9.17) is 9.78 Å². The van der Waals surface area contributed by atoms with Gasteiger partial charge in [-0.3, -0.25) is 4.98 Å². The maximum atomic E-state index is 8.79. The highest BCUT2D eigenvalue weighted by atomic mass is 16.5. The zero-order valence-corrected chi connectivity index (χ0v) is 10.2. The Hall–Kier alpha value is -2.22. The Morgan fingerprint density at radius 2 is 2.00 bits per heavy atom. The second kappa shape index (κ2) is 3.91. The number of aryl methyl sites for hydroxylation is 2. The summed E-state index contributed by atoms with van der Waals surface area (Å²) < 4.78 is 5.22. The maximum absolute atomic E-state index is 8.79. The molecule has 0 radical (unpaired) electrons. The minimum atomic E-state index is 0.0409. The van der Waals surface area contributed by atoms with Crippen LogP contribution in [0.15, 0.2) is 16.7 Å². The Kier molecular flexibility index (Phi) is 2.37. The zero-order valence-electron chi connectivity index (χ0n) is 10.2. The predicted octanol–water partition coefficient (Wildman–Crippen LogP) is 2.38. The second-order valence-electron chi connectivity index (χ2n) is 4.67. The van der Waals surface area contributed by atoms with Crippen LogP contribution in [0.3, 0.4) is 0 Å². The molecule has 0 N–H and O–H groups in total. The lowest BCUT2D eigenvalue weighted by Crippen LogP contribution is -1.89. The number of aromatic nitrogens is 3. The van der Waals surface area contributed by atoms with Crippen LogP contribution < -0.4 is 0 Å². The Balaban J connectivity index is 1.91. The van der Waals surface area contributed by atoms with E-state index in [1.165, 1.54) is 0 Å².